The smallest absolute Gasteiger partial charge is 0.202 e. The topological polar surface area (TPSA) is 0 Å². The summed E-state index contributed by atoms with van der Waals surface area (Å²) in [6, 6.07) is 1.37. The van der Waals surface area contributed by atoms with Crippen LogP contribution in [0.2, 0.25) is 0 Å². The Kier molecular flexibility index (Phi) is 6.96. The molecular formula is C34H8F16S4. The third kappa shape index (κ3) is 3.97. The molecule has 0 aliphatic heterocycles. The number of rotatable bonds is 0. The molecule has 20 heteroatoms. The molecule has 0 bridgehead atoms. The largest absolute Gasteiger partial charge is 0.303 e. The van der Waals surface area contributed by atoms with E-state index in [0.717, 1.165) is 13.8 Å². The molecule has 10 rings (SSSR count). The summed E-state index contributed by atoms with van der Waals surface area (Å²) >= 11 is 0.396. The zero-order chi connectivity index (χ0) is 39.3. The van der Waals surface area contributed by atoms with Gasteiger partial charge < -0.3 is 0 Å². The molecule has 0 N–H and O–H groups in total. The monoisotopic (exact) mass is 848 g/mol. The molecular weight excluding hydrogens is 841 g/mol. The molecule has 2 aromatic carbocycles. The first-order valence-corrected chi connectivity index (χ1v) is 18.1. The summed E-state index contributed by atoms with van der Waals surface area (Å²) in [7, 11) is 0. The summed E-state index contributed by atoms with van der Waals surface area (Å²) < 4.78 is 228. The van der Waals surface area contributed by atoms with Crippen LogP contribution in [0.5, 0.6) is 0 Å². The van der Waals surface area contributed by atoms with Gasteiger partial charge in [0.05, 0.1) is 41.8 Å². The number of fused-ring (bicyclic) bond motifs is 12. The fourth-order valence-corrected chi connectivity index (χ4v) is 11.8. The first-order valence-electron chi connectivity index (χ1n) is 14.8. The molecule has 0 spiro atoms. The van der Waals surface area contributed by atoms with E-state index in [-0.39, 0.29) is 67.6 Å². The number of hydrogen-bond acceptors (Lipinski definition) is 4. The Bertz CT molecular complexity index is 2560. The van der Waals surface area contributed by atoms with Crippen LogP contribution < -0.4 is 0 Å². The Morgan fingerprint density at radius 3 is 0.926 bits per heavy atom. The Labute approximate surface area is 305 Å². The highest BCUT2D eigenvalue weighted by molar-refractivity contribution is 7.15. The van der Waals surface area contributed by atoms with Crippen molar-refractivity contribution >= 4 is 45.3 Å². The minimum atomic E-state index is -3.97. The molecule has 4 heterocycles. The maximum atomic E-state index is 15.0. The lowest BCUT2D eigenvalue weighted by molar-refractivity contribution is 0.0401. The van der Waals surface area contributed by atoms with Crippen molar-refractivity contribution < 1.29 is 70.2 Å². The van der Waals surface area contributed by atoms with Crippen molar-refractivity contribution in [2.24, 2.45) is 0 Å². The maximum Gasteiger partial charge on any atom is 0.303 e. The summed E-state index contributed by atoms with van der Waals surface area (Å²) in [5.74, 6) is -22.7. The molecule has 0 atom stereocenters. The fourth-order valence-electron chi connectivity index (χ4n) is 7.75. The van der Waals surface area contributed by atoms with E-state index in [1.807, 2.05) is 0 Å². The zero-order valence-electron chi connectivity index (χ0n) is 25.8. The second-order valence-electron chi connectivity index (χ2n) is 12.6. The quantitative estimate of drug-likeness (QED) is 0.134. The third-order valence-electron chi connectivity index (χ3n) is 9.90. The van der Waals surface area contributed by atoms with Crippen LogP contribution in [0.15, 0.2) is 12.1 Å². The highest BCUT2D eigenvalue weighted by Gasteiger charge is 2.58. The SMILES string of the molecule is Cc1c2c(c(C)c3c1C(F)(F)c1c-3sc(F)c1F)C(F)(F)c1c-2sc(F)c1F.Fc1sc2c(c1F)C(F)(F)c1cc3c(cc1-2)C(F)(F)c1c-3sc(F)c1F. The number of hydrogen-bond donors (Lipinski definition) is 0. The first-order chi connectivity index (χ1) is 25.0. The normalized spacial score (nSPS) is 17.7. The molecule has 0 saturated carbocycles. The predicted octanol–water partition coefficient (Wildman–Crippen LogP) is 13.8. The fraction of sp³-hybridized carbons (Fsp3) is 0.176. The van der Waals surface area contributed by atoms with Gasteiger partial charge in [0.25, 0.3) is 0 Å². The van der Waals surface area contributed by atoms with E-state index in [1.54, 1.807) is 0 Å². The van der Waals surface area contributed by atoms with Gasteiger partial charge in [-0.15, -0.1) is 45.3 Å². The van der Waals surface area contributed by atoms with E-state index in [1.165, 1.54) is 0 Å². The van der Waals surface area contributed by atoms with Gasteiger partial charge in [0.2, 0.25) is 20.5 Å². The Morgan fingerprint density at radius 1 is 0.370 bits per heavy atom. The Morgan fingerprint density at radius 2 is 0.630 bits per heavy atom. The van der Waals surface area contributed by atoms with Gasteiger partial charge >= 0.3 is 23.7 Å². The second-order valence-corrected chi connectivity index (χ2v) is 16.4. The van der Waals surface area contributed by atoms with Crippen molar-refractivity contribution in [2.75, 3.05) is 0 Å². The molecule has 4 aliphatic carbocycles. The van der Waals surface area contributed by atoms with Gasteiger partial charge in [-0.3, -0.25) is 0 Å². The Balaban J connectivity index is 0.000000143. The first kappa shape index (κ1) is 35.8. The van der Waals surface area contributed by atoms with Crippen LogP contribution >= 0.6 is 45.3 Å². The molecule has 54 heavy (non-hydrogen) atoms. The lowest BCUT2D eigenvalue weighted by Gasteiger charge is -2.22. The summed E-state index contributed by atoms with van der Waals surface area (Å²) in [6.45, 7) is 2.24. The summed E-state index contributed by atoms with van der Waals surface area (Å²) in [6.07, 6.45) is 0. The molecule has 4 aromatic heterocycles. The van der Waals surface area contributed by atoms with Gasteiger partial charge in [-0.1, -0.05) is 0 Å². The average molecular weight is 849 g/mol. The van der Waals surface area contributed by atoms with Crippen LogP contribution in [0.4, 0.5) is 70.2 Å². The molecule has 0 saturated heterocycles. The minimum Gasteiger partial charge on any atom is -0.202 e. The number of thiophene rings is 4. The van der Waals surface area contributed by atoms with Crippen LogP contribution in [0.1, 0.15) is 55.6 Å². The molecule has 0 fully saturated rings. The van der Waals surface area contributed by atoms with Crippen molar-refractivity contribution in [1.82, 2.24) is 0 Å². The molecule has 0 nitrogen and oxygen atoms in total. The van der Waals surface area contributed by atoms with Crippen LogP contribution in [-0.2, 0) is 23.7 Å². The van der Waals surface area contributed by atoms with Crippen molar-refractivity contribution in [3.8, 4) is 41.8 Å². The highest BCUT2D eigenvalue weighted by atomic mass is 32.1. The van der Waals surface area contributed by atoms with Gasteiger partial charge in [-0.2, -0.15) is 52.7 Å². The maximum absolute atomic E-state index is 15.0. The van der Waals surface area contributed by atoms with Crippen LogP contribution in [0, 0.1) is 57.6 Å². The van der Waals surface area contributed by atoms with Crippen molar-refractivity contribution in [1.29, 1.82) is 0 Å². The predicted molar refractivity (Wildman–Crippen MR) is 167 cm³/mol. The average Bonchev–Trinajstić information content (AvgIpc) is 3.90. The van der Waals surface area contributed by atoms with E-state index in [0.29, 0.717) is 12.1 Å². The molecule has 0 radical (unpaired) electrons. The van der Waals surface area contributed by atoms with Crippen molar-refractivity contribution in [2.45, 2.75) is 37.5 Å². The van der Waals surface area contributed by atoms with E-state index in [4.69, 9.17) is 0 Å². The number of alkyl halides is 8. The summed E-state index contributed by atoms with van der Waals surface area (Å²) in [5, 5.41) is -5.88. The van der Waals surface area contributed by atoms with Crippen LogP contribution in [0.3, 0.4) is 0 Å². The molecule has 4 aliphatic rings. The Hall–Kier alpha value is -3.88. The number of halogens is 16. The van der Waals surface area contributed by atoms with E-state index in [9.17, 15) is 52.7 Å². The van der Waals surface area contributed by atoms with Gasteiger partial charge in [-0.25, -0.2) is 17.6 Å². The third-order valence-corrected chi connectivity index (χ3v) is 13.8. The van der Waals surface area contributed by atoms with Crippen molar-refractivity contribution in [3.63, 3.8) is 0 Å². The summed E-state index contributed by atoms with van der Waals surface area (Å²) in [5.41, 5.74) is -10.1. The van der Waals surface area contributed by atoms with Crippen LogP contribution in [-0.4, -0.2) is 0 Å². The molecule has 0 amide bonds. The lowest BCUT2D eigenvalue weighted by atomic mass is 9.88. The van der Waals surface area contributed by atoms with E-state index >= 15 is 17.6 Å². The van der Waals surface area contributed by atoms with E-state index < -0.39 is 143 Å². The summed E-state index contributed by atoms with van der Waals surface area (Å²) in [4.78, 5) is -1.90. The van der Waals surface area contributed by atoms with Crippen LogP contribution in [0.25, 0.3) is 41.8 Å². The van der Waals surface area contributed by atoms with Gasteiger partial charge in [0.1, 0.15) is 0 Å². The highest BCUT2D eigenvalue weighted by Crippen LogP contribution is 2.65. The van der Waals surface area contributed by atoms with Crippen molar-refractivity contribution in [3.05, 3.63) is 112 Å². The van der Waals surface area contributed by atoms with E-state index in [2.05, 4.69) is 0 Å². The molecule has 0 unspecified atom stereocenters. The molecule has 6 aromatic rings. The number of benzene rings is 2. The lowest BCUT2D eigenvalue weighted by Crippen LogP contribution is -2.18. The molecule has 280 valence electrons. The standard InChI is InChI=1S/C18H6F8S2.C16H2F8S2/c1-3-5-8(18(25,26)9-11(19)15(21)27-13(5)9)4(2)6-7(3)17(23,24)10-12(20)16(22)28-14(6)10;17-9-7-11(25-13(9)19)3-1-5-4(2-6(3)16(7,23)24)12-8(15(5,21)22)10(18)14(20)26-12/h1-2H3;1-2H. The zero-order valence-corrected chi connectivity index (χ0v) is 29.1. The second kappa shape index (κ2) is 10.5. The van der Waals surface area contributed by atoms with Gasteiger partial charge in [0, 0.05) is 44.5 Å². The minimum absolute atomic E-state index is 0.0875. The van der Waals surface area contributed by atoms with Gasteiger partial charge in [0.15, 0.2) is 23.3 Å². The van der Waals surface area contributed by atoms with Gasteiger partial charge in [-0.05, 0) is 37.1 Å².